The maximum Gasteiger partial charge on any atom is 0.142 e. The van der Waals surface area contributed by atoms with E-state index in [1.165, 1.54) is 18.9 Å². The molecule has 0 atom stereocenters. The zero-order valence-electron chi connectivity index (χ0n) is 7.57. The van der Waals surface area contributed by atoms with Gasteiger partial charge in [-0.05, 0) is 25.1 Å². The molecule has 2 rings (SSSR count). The van der Waals surface area contributed by atoms with Gasteiger partial charge in [0, 0.05) is 13.2 Å². The van der Waals surface area contributed by atoms with E-state index in [0.717, 1.165) is 26.3 Å². The molecule has 0 spiro atoms. The van der Waals surface area contributed by atoms with Gasteiger partial charge in [-0.3, -0.25) is 9.78 Å². The molecule has 1 N–H and O–H groups in total. The van der Waals surface area contributed by atoms with Crippen LogP contribution in [0.5, 0.6) is 0 Å². The highest BCUT2D eigenvalue weighted by molar-refractivity contribution is 4.97. The minimum Gasteiger partial charge on any atom is -0.380 e. The summed E-state index contributed by atoms with van der Waals surface area (Å²) in [4.78, 5) is 8.60. The fourth-order valence-corrected chi connectivity index (χ4v) is 0.890. The van der Waals surface area contributed by atoms with E-state index in [1.54, 1.807) is 12.2 Å². The first-order chi connectivity index (χ1) is 6.50. The van der Waals surface area contributed by atoms with Gasteiger partial charge in [0.2, 0.25) is 0 Å². The molecular formula is C9H15NO3. The molecule has 0 aromatic carbocycles. The van der Waals surface area contributed by atoms with E-state index >= 15 is 0 Å². The molecule has 4 nitrogen and oxygen atoms in total. The van der Waals surface area contributed by atoms with Crippen LogP contribution in [0.3, 0.4) is 0 Å². The number of hydrogen-bond acceptors (Lipinski definition) is 4. The van der Waals surface area contributed by atoms with Gasteiger partial charge in [0.25, 0.3) is 0 Å². The molecule has 2 heterocycles. The summed E-state index contributed by atoms with van der Waals surface area (Å²) in [5, 5.41) is 3.22. The van der Waals surface area contributed by atoms with Crippen LogP contribution >= 0.6 is 0 Å². The van der Waals surface area contributed by atoms with Crippen LogP contribution in [-0.4, -0.2) is 26.3 Å². The van der Waals surface area contributed by atoms with Crippen molar-refractivity contribution in [2.45, 2.75) is 6.42 Å². The first-order valence-corrected chi connectivity index (χ1v) is 4.42. The van der Waals surface area contributed by atoms with Gasteiger partial charge < -0.3 is 10.1 Å². The largest absolute Gasteiger partial charge is 0.380 e. The van der Waals surface area contributed by atoms with E-state index in [2.05, 4.69) is 15.1 Å². The molecule has 1 fully saturated rings. The summed E-state index contributed by atoms with van der Waals surface area (Å²) >= 11 is 0. The normalized spacial score (nSPS) is 20.3. The van der Waals surface area contributed by atoms with Gasteiger partial charge in [0.15, 0.2) is 0 Å². The molecule has 13 heavy (non-hydrogen) atoms. The molecule has 0 aromatic heterocycles. The lowest BCUT2D eigenvalue weighted by atomic mass is 10.5. The van der Waals surface area contributed by atoms with Gasteiger partial charge in [-0.25, -0.2) is 0 Å². The molecule has 0 aromatic rings. The standard InChI is InChI=1S/C5H11NO.C4H4O2/c1-2-6-3-5-7-4-1;1-2-4-6-5-3-1/h6H,1-5H2;1-4H. The minimum atomic E-state index is 0.889. The molecule has 0 unspecified atom stereocenters. The first kappa shape index (κ1) is 10.1. The Kier molecular flexibility index (Phi) is 5.93. The van der Waals surface area contributed by atoms with Crippen LogP contribution in [-0.2, 0) is 14.5 Å². The molecule has 74 valence electrons. The number of ether oxygens (including phenoxy) is 1. The number of allylic oxidation sites excluding steroid dienone is 2. The maximum absolute atomic E-state index is 5.13. The van der Waals surface area contributed by atoms with Gasteiger partial charge >= 0.3 is 0 Å². The fourth-order valence-electron chi connectivity index (χ4n) is 0.890. The van der Waals surface area contributed by atoms with Crippen LogP contribution in [0.2, 0.25) is 0 Å². The summed E-state index contributed by atoms with van der Waals surface area (Å²) in [6.45, 7) is 3.98. The van der Waals surface area contributed by atoms with Crippen LogP contribution < -0.4 is 5.32 Å². The lowest BCUT2D eigenvalue weighted by Gasteiger charge is -1.94. The van der Waals surface area contributed by atoms with Gasteiger partial charge in [-0.2, -0.15) is 0 Å². The summed E-state index contributed by atoms with van der Waals surface area (Å²) in [5.41, 5.74) is 0. The Morgan fingerprint density at radius 3 is 2.31 bits per heavy atom. The van der Waals surface area contributed by atoms with Crippen LogP contribution in [0, 0.1) is 0 Å². The molecule has 1 saturated heterocycles. The summed E-state index contributed by atoms with van der Waals surface area (Å²) in [7, 11) is 0. The van der Waals surface area contributed by atoms with Crippen molar-refractivity contribution in [1.82, 2.24) is 5.32 Å². The molecule has 2 aliphatic rings. The van der Waals surface area contributed by atoms with E-state index in [-0.39, 0.29) is 0 Å². The quantitative estimate of drug-likeness (QED) is 0.571. The fraction of sp³-hybridized carbons (Fsp3) is 0.556. The number of nitrogens with one attached hydrogen (secondary N) is 1. The van der Waals surface area contributed by atoms with Crippen molar-refractivity contribution in [1.29, 1.82) is 0 Å². The second-order valence-electron chi connectivity index (χ2n) is 2.57. The Labute approximate surface area is 78.1 Å². The predicted molar refractivity (Wildman–Crippen MR) is 48.8 cm³/mol. The Bertz CT molecular complexity index is 137. The third-order valence-electron chi connectivity index (χ3n) is 1.50. The highest BCUT2D eigenvalue weighted by atomic mass is 17.2. The molecule has 0 radical (unpaired) electrons. The molecule has 2 aliphatic heterocycles. The first-order valence-electron chi connectivity index (χ1n) is 4.42. The summed E-state index contributed by atoms with van der Waals surface area (Å²) in [5.74, 6) is 0. The van der Waals surface area contributed by atoms with Crippen LogP contribution in [0.25, 0.3) is 0 Å². The monoisotopic (exact) mass is 185 g/mol. The number of hydrogen-bond donors (Lipinski definition) is 1. The van der Waals surface area contributed by atoms with Gasteiger partial charge in [-0.15, -0.1) is 0 Å². The Hall–Kier alpha value is -1.00. The van der Waals surface area contributed by atoms with Crippen molar-refractivity contribution in [2.24, 2.45) is 0 Å². The van der Waals surface area contributed by atoms with Gasteiger partial charge in [0.05, 0.1) is 6.61 Å². The highest BCUT2D eigenvalue weighted by Crippen LogP contribution is 1.89. The van der Waals surface area contributed by atoms with Crippen molar-refractivity contribution in [2.75, 3.05) is 26.3 Å². The van der Waals surface area contributed by atoms with Crippen LogP contribution in [0.1, 0.15) is 6.42 Å². The zero-order chi connectivity index (χ0) is 9.19. The lowest BCUT2D eigenvalue weighted by molar-refractivity contribution is -0.198. The van der Waals surface area contributed by atoms with Crippen molar-refractivity contribution in [3.05, 3.63) is 24.7 Å². The smallest absolute Gasteiger partial charge is 0.142 e. The van der Waals surface area contributed by atoms with Gasteiger partial charge in [-0.1, -0.05) is 0 Å². The SMILES string of the molecule is C1=COOC=C1.C1CNCCOC1. The van der Waals surface area contributed by atoms with E-state index in [0.29, 0.717) is 0 Å². The number of rotatable bonds is 0. The molecule has 0 aliphatic carbocycles. The minimum absolute atomic E-state index is 0.889. The molecule has 0 saturated carbocycles. The molecular weight excluding hydrogens is 170 g/mol. The predicted octanol–water partition coefficient (Wildman–Crippen LogP) is 0.972. The second kappa shape index (κ2) is 7.64. The average Bonchev–Trinajstić information content (AvgIpc) is 2.53. The Balaban J connectivity index is 0.000000132. The third kappa shape index (κ3) is 6.19. The summed E-state index contributed by atoms with van der Waals surface area (Å²) < 4.78 is 5.13. The van der Waals surface area contributed by atoms with Crippen molar-refractivity contribution < 1.29 is 14.5 Å². The lowest BCUT2D eigenvalue weighted by Crippen LogP contribution is -2.15. The van der Waals surface area contributed by atoms with Crippen LogP contribution in [0.15, 0.2) is 24.7 Å². The Morgan fingerprint density at radius 1 is 0.923 bits per heavy atom. The Morgan fingerprint density at radius 2 is 1.69 bits per heavy atom. The van der Waals surface area contributed by atoms with E-state index in [1.807, 2.05) is 0 Å². The van der Waals surface area contributed by atoms with Crippen molar-refractivity contribution in [3.8, 4) is 0 Å². The zero-order valence-corrected chi connectivity index (χ0v) is 7.57. The van der Waals surface area contributed by atoms with Crippen molar-refractivity contribution >= 4 is 0 Å². The van der Waals surface area contributed by atoms with E-state index in [4.69, 9.17) is 4.74 Å². The maximum atomic E-state index is 5.13. The average molecular weight is 185 g/mol. The topological polar surface area (TPSA) is 39.7 Å². The van der Waals surface area contributed by atoms with Crippen molar-refractivity contribution in [3.63, 3.8) is 0 Å². The summed E-state index contributed by atoms with van der Waals surface area (Å²) in [6, 6.07) is 0. The second-order valence-corrected chi connectivity index (χ2v) is 2.57. The van der Waals surface area contributed by atoms with Crippen LogP contribution in [0.4, 0.5) is 0 Å². The highest BCUT2D eigenvalue weighted by Gasteiger charge is 1.93. The third-order valence-corrected chi connectivity index (χ3v) is 1.50. The summed E-state index contributed by atoms with van der Waals surface area (Å²) in [6.07, 6.45) is 7.56. The molecule has 4 heteroatoms. The molecule has 0 bridgehead atoms. The van der Waals surface area contributed by atoms with E-state index in [9.17, 15) is 0 Å². The van der Waals surface area contributed by atoms with E-state index < -0.39 is 0 Å². The molecule has 0 amide bonds. The van der Waals surface area contributed by atoms with Gasteiger partial charge in [0.1, 0.15) is 12.5 Å².